The molecule has 0 saturated carbocycles. The Hall–Kier alpha value is -3.57. The topological polar surface area (TPSA) is 94.0 Å². The number of carbonyl (C=O) groups is 1. The van der Waals surface area contributed by atoms with Crippen molar-refractivity contribution in [3.05, 3.63) is 58.6 Å². The van der Waals surface area contributed by atoms with E-state index in [-0.39, 0.29) is 5.91 Å². The van der Waals surface area contributed by atoms with Crippen molar-refractivity contribution in [3.63, 3.8) is 0 Å². The molecule has 0 bridgehead atoms. The number of amides is 1. The molecule has 0 fully saturated rings. The third-order valence-corrected chi connectivity index (χ3v) is 4.34. The molecule has 1 amide bonds. The van der Waals surface area contributed by atoms with Crippen molar-refractivity contribution in [1.29, 1.82) is 0 Å². The fourth-order valence-corrected chi connectivity index (χ4v) is 2.67. The third kappa shape index (κ3) is 4.83. The lowest BCUT2D eigenvalue weighted by Gasteiger charge is -2.08. The summed E-state index contributed by atoms with van der Waals surface area (Å²) in [5.41, 5.74) is 2.27. The number of rotatable bonds is 5. The van der Waals surface area contributed by atoms with E-state index in [1.165, 1.54) is 7.11 Å². The van der Waals surface area contributed by atoms with Crippen LogP contribution in [0, 0.1) is 11.8 Å². The van der Waals surface area contributed by atoms with Crippen LogP contribution in [0.1, 0.15) is 28.4 Å². The van der Waals surface area contributed by atoms with Crippen LogP contribution in [0.15, 0.2) is 36.9 Å². The Morgan fingerprint density at radius 1 is 1.24 bits per heavy atom. The first kappa shape index (κ1) is 20.2. The van der Waals surface area contributed by atoms with Gasteiger partial charge in [0.2, 0.25) is 5.95 Å². The Morgan fingerprint density at radius 3 is 2.62 bits per heavy atom. The zero-order valence-electron chi connectivity index (χ0n) is 16.2. The molecule has 2 heterocycles. The average molecular weight is 411 g/mol. The Labute approximate surface area is 173 Å². The summed E-state index contributed by atoms with van der Waals surface area (Å²) in [6, 6.07) is 3.18. The number of halogens is 1. The minimum absolute atomic E-state index is 0.256. The fraction of sp³-hybridized carbons (Fsp3) is 0.200. The number of benzene rings is 1. The molecule has 0 aliphatic carbocycles. The predicted molar refractivity (Wildman–Crippen MR) is 111 cm³/mol. The number of hydrogen-bond donors (Lipinski definition) is 2. The van der Waals surface area contributed by atoms with Crippen LogP contribution >= 0.6 is 11.6 Å². The van der Waals surface area contributed by atoms with Gasteiger partial charge in [0.05, 0.1) is 29.6 Å². The summed E-state index contributed by atoms with van der Waals surface area (Å²) in [4.78, 5) is 20.4. The van der Waals surface area contributed by atoms with E-state index in [4.69, 9.17) is 16.3 Å². The largest absolute Gasteiger partial charge is 0.495 e. The lowest BCUT2D eigenvalue weighted by atomic mass is 10.1. The zero-order valence-corrected chi connectivity index (χ0v) is 16.9. The van der Waals surface area contributed by atoms with Gasteiger partial charge in [0.15, 0.2) is 0 Å². The lowest BCUT2D eigenvalue weighted by molar-refractivity contribution is 0.0962. The predicted octanol–water partition coefficient (Wildman–Crippen LogP) is 2.86. The molecule has 148 valence electrons. The maximum atomic E-state index is 11.9. The highest BCUT2D eigenvalue weighted by Gasteiger charge is 2.12. The molecule has 9 heteroatoms. The number of anilines is 2. The van der Waals surface area contributed by atoms with Crippen LogP contribution < -0.4 is 15.4 Å². The number of carbonyl (C=O) groups excluding carboxylic acids is 1. The number of nitrogens with one attached hydrogen (secondary N) is 2. The summed E-state index contributed by atoms with van der Waals surface area (Å²) < 4.78 is 7.03. The van der Waals surface area contributed by atoms with E-state index in [0.29, 0.717) is 33.4 Å². The van der Waals surface area contributed by atoms with Gasteiger partial charge in [0.25, 0.3) is 5.91 Å². The molecule has 0 unspecified atom stereocenters. The molecule has 0 atom stereocenters. The number of aryl methyl sites for hydroxylation is 1. The van der Waals surface area contributed by atoms with Crippen LogP contribution in [0.4, 0.5) is 11.6 Å². The summed E-state index contributed by atoms with van der Waals surface area (Å²) in [6.45, 7) is 2.79. The van der Waals surface area contributed by atoms with Crippen LogP contribution in [0.2, 0.25) is 5.02 Å². The molecule has 3 aromatic rings. The van der Waals surface area contributed by atoms with E-state index in [1.54, 1.807) is 42.5 Å². The highest BCUT2D eigenvalue weighted by molar-refractivity contribution is 6.33. The van der Waals surface area contributed by atoms with Gasteiger partial charge in [0, 0.05) is 43.3 Å². The summed E-state index contributed by atoms with van der Waals surface area (Å²) in [5.74, 6) is 6.46. The molecule has 2 N–H and O–H groups in total. The number of ether oxygens (including phenoxy) is 1. The maximum Gasteiger partial charge on any atom is 0.251 e. The lowest BCUT2D eigenvalue weighted by Crippen LogP contribution is -2.18. The summed E-state index contributed by atoms with van der Waals surface area (Å²) in [7, 11) is 3.03. The van der Waals surface area contributed by atoms with Crippen LogP contribution in [-0.4, -0.2) is 39.8 Å². The van der Waals surface area contributed by atoms with Gasteiger partial charge in [0.1, 0.15) is 5.75 Å². The Kier molecular flexibility index (Phi) is 6.32. The van der Waals surface area contributed by atoms with Gasteiger partial charge in [-0.2, -0.15) is 5.10 Å². The number of aromatic nitrogens is 4. The second kappa shape index (κ2) is 9.08. The highest BCUT2D eigenvalue weighted by Crippen LogP contribution is 2.29. The minimum Gasteiger partial charge on any atom is -0.495 e. The first-order chi connectivity index (χ1) is 14.0. The second-order valence-electron chi connectivity index (χ2n) is 5.87. The molecule has 2 aromatic heterocycles. The van der Waals surface area contributed by atoms with E-state index < -0.39 is 0 Å². The highest BCUT2D eigenvalue weighted by atomic mass is 35.5. The Balaban J connectivity index is 1.81. The van der Waals surface area contributed by atoms with Crippen molar-refractivity contribution in [1.82, 2.24) is 25.1 Å². The van der Waals surface area contributed by atoms with Gasteiger partial charge in [-0.15, -0.1) is 0 Å². The molecule has 0 aliphatic heterocycles. The van der Waals surface area contributed by atoms with Crippen LogP contribution in [0.5, 0.6) is 5.75 Å². The number of hydrogen-bond acceptors (Lipinski definition) is 6. The van der Waals surface area contributed by atoms with E-state index in [1.807, 2.05) is 13.1 Å². The summed E-state index contributed by atoms with van der Waals surface area (Å²) >= 11 is 6.32. The van der Waals surface area contributed by atoms with E-state index in [9.17, 15) is 4.79 Å². The molecule has 8 nitrogen and oxygen atoms in total. The van der Waals surface area contributed by atoms with Gasteiger partial charge in [-0.3, -0.25) is 9.48 Å². The standard InChI is InChI=1S/C20H19ClN6O2/c1-4-27-12-16(11-25-27)26-20-23-9-13(10-24-20)5-6-14-7-15(19(28)22-2)8-17(29-3)18(14)21/h7-12H,4H2,1-3H3,(H,22,28)(H,23,24,26). The van der Waals surface area contributed by atoms with E-state index in [0.717, 1.165) is 12.2 Å². The molecule has 0 radical (unpaired) electrons. The molecule has 1 aromatic carbocycles. The zero-order chi connectivity index (χ0) is 20.8. The quantitative estimate of drug-likeness (QED) is 0.628. The van der Waals surface area contributed by atoms with Crippen LogP contribution in [0.25, 0.3) is 0 Å². The van der Waals surface area contributed by atoms with Crippen LogP contribution in [-0.2, 0) is 6.54 Å². The number of methoxy groups -OCH3 is 1. The molecule has 0 aliphatic rings. The molecular formula is C20H19ClN6O2. The molecule has 0 saturated heterocycles. The van der Waals surface area contributed by atoms with Gasteiger partial charge in [-0.05, 0) is 19.1 Å². The average Bonchev–Trinajstić information content (AvgIpc) is 3.21. The maximum absolute atomic E-state index is 11.9. The van der Waals surface area contributed by atoms with Gasteiger partial charge >= 0.3 is 0 Å². The smallest absolute Gasteiger partial charge is 0.251 e. The van der Waals surface area contributed by atoms with Gasteiger partial charge < -0.3 is 15.4 Å². The molecule has 29 heavy (non-hydrogen) atoms. The summed E-state index contributed by atoms with van der Waals surface area (Å²) in [6.07, 6.45) is 6.77. The van der Waals surface area contributed by atoms with Crippen molar-refractivity contribution in [2.45, 2.75) is 13.5 Å². The Morgan fingerprint density at radius 2 is 2.00 bits per heavy atom. The van der Waals surface area contributed by atoms with Gasteiger partial charge in [-0.1, -0.05) is 23.4 Å². The van der Waals surface area contributed by atoms with Gasteiger partial charge in [-0.25, -0.2) is 9.97 Å². The van der Waals surface area contributed by atoms with Crippen LogP contribution in [0.3, 0.4) is 0 Å². The fourth-order valence-electron chi connectivity index (χ4n) is 2.44. The molecule has 3 rings (SSSR count). The van der Waals surface area contributed by atoms with Crippen molar-refractivity contribution >= 4 is 29.1 Å². The monoisotopic (exact) mass is 410 g/mol. The van der Waals surface area contributed by atoms with Crippen molar-refractivity contribution in [2.75, 3.05) is 19.5 Å². The normalized spacial score (nSPS) is 10.1. The number of nitrogens with zero attached hydrogens (tertiary/aromatic N) is 4. The molecular weight excluding hydrogens is 392 g/mol. The Bertz CT molecular complexity index is 1080. The van der Waals surface area contributed by atoms with E-state index in [2.05, 4.69) is 37.5 Å². The summed E-state index contributed by atoms with van der Waals surface area (Å²) in [5, 5.41) is 10.2. The molecule has 0 spiro atoms. The minimum atomic E-state index is -0.256. The third-order valence-electron chi connectivity index (χ3n) is 3.96. The second-order valence-corrected chi connectivity index (χ2v) is 6.25. The SMILES string of the molecule is CCn1cc(Nc2ncc(C#Cc3cc(C(=O)NC)cc(OC)c3Cl)cn2)cn1. The first-order valence-corrected chi connectivity index (χ1v) is 9.15. The van der Waals surface area contributed by atoms with Crippen molar-refractivity contribution < 1.29 is 9.53 Å². The van der Waals surface area contributed by atoms with E-state index >= 15 is 0 Å². The van der Waals surface area contributed by atoms with Crippen molar-refractivity contribution in [2.24, 2.45) is 0 Å². The first-order valence-electron chi connectivity index (χ1n) is 8.77. The van der Waals surface area contributed by atoms with Crippen molar-refractivity contribution in [3.8, 4) is 17.6 Å².